The molecule has 0 spiro atoms. The van der Waals surface area contributed by atoms with Crippen LogP contribution in [-0.2, 0) is 4.79 Å². The molecule has 0 aromatic heterocycles. The van der Waals surface area contributed by atoms with Crippen LogP contribution in [0.15, 0.2) is 78.9 Å². The van der Waals surface area contributed by atoms with E-state index in [1.165, 1.54) is 11.3 Å². The van der Waals surface area contributed by atoms with Gasteiger partial charge in [0.15, 0.2) is 5.75 Å². The Kier molecular flexibility index (Phi) is 6.30. The first kappa shape index (κ1) is 20.0. The molecule has 154 valence electrons. The van der Waals surface area contributed by atoms with E-state index in [1.807, 2.05) is 54.6 Å². The molecule has 0 saturated carbocycles. The first-order valence-electron chi connectivity index (χ1n) is 10.3. The average Bonchev–Trinajstić information content (AvgIpc) is 2.76. The Morgan fingerprint density at radius 1 is 0.900 bits per heavy atom. The molecule has 1 amide bonds. The molecule has 4 rings (SSSR count). The number of benzene rings is 3. The van der Waals surface area contributed by atoms with Crippen LogP contribution in [0.1, 0.15) is 5.56 Å². The smallest absolute Gasteiger partial charge is 0.238 e. The van der Waals surface area contributed by atoms with Crippen molar-refractivity contribution in [3.8, 4) is 11.5 Å². The zero-order valence-electron chi connectivity index (χ0n) is 17.3. The summed E-state index contributed by atoms with van der Waals surface area (Å²) in [4.78, 5) is 17.2. The minimum Gasteiger partial charge on any atom is -0.455 e. The van der Waals surface area contributed by atoms with Gasteiger partial charge in [-0.25, -0.2) is 0 Å². The molecule has 0 unspecified atom stereocenters. The van der Waals surface area contributed by atoms with Crippen LogP contribution in [0.4, 0.5) is 11.4 Å². The predicted octanol–water partition coefficient (Wildman–Crippen LogP) is 4.55. The maximum atomic E-state index is 12.7. The van der Waals surface area contributed by atoms with Gasteiger partial charge in [-0.05, 0) is 48.9 Å². The van der Waals surface area contributed by atoms with E-state index in [9.17, 15) is 4.79 Å². The van der Waals surface area contributed by atoms with Crippen molar-refractivity contribution in [1.29, 1.82) is 0 Å². The molecule has 5 heteroatoms. The molecule has 3 aromatic rings. The molecular weight excluding hydrogens is 374 g/mol. The fraction of sp³-hybridized carbons (Fsp3) is 0.240. The van der Waals surface area contributed by atoms with Crippen molar-refractivity contribution < 1.29 is 9.53 Å². The lowest BCUT2D eigenvalue weighted by molar-refractivity contribution is -0.117. The summed E-state index contributed by atoms with van der Waals surface area (Å²) in [5.41, 5.74) is 3.21. The minimum atomic E-state index is -0.0249. The van der Waals surface area contributed by atoms with E-state index in [2.05, 4.69) is 46.3 Å². The molecule has 0 aliphatic carbocycles. The van der Waals surface area contributed by atoms with Gasteiger partial charge in [-0.2, -0.15) is 0 Å². The van der Waals surface area contributed by atoms with E-state index in [4.69, 9.17) is 4.74 Å². The van der Waals surface area contributed by atoms with Crippen molar-refractivity contribution in [3.63, 3.8) is 0 Å². The number of carbonyl (C=O) groups excluding carboxylic acids is 1. The standard InChI is InChI=1S/C25H27N3O2/c1-20-8-7-9-21(18-20)28-16-14-27(15-17-28)19-25(29)26-23-12-5-6-13-24(23)30-22-10-3-2-4-11-22/h2-13,18H,14-17,19H2,1H3,(H,26,29). The molecule has 1 aliphatic heterocycles. The summed E-state index contributed by atoms with van der Waals surface area (Å²) in [6, 6.07) is 25.7. The number of anilines is 2. The highest BCUT2D eigenvalue weighted by Crippen LogP contribution is 2.29. The van der Waals surface area contributed by atoms with E-state index in [0.717, 1.165) is 31.9 Å². The lowest BCUT2D eigenvalue weighted by atomic mass is 10.2. The molecular formula is C25H27N3O2. The largest absolute Gasteiger partial charge is 0.455 e. The normalized spacial score (nSPS) is 14.4. The molecule has 0 bridgehead atoms. The fourth-order valence-corrected chi connectivity index (χ4v) is 3.66. The molecule has 1 aliphatic rings. The second-order valence-corrected chi connectivity index (χ2v) is 7.56. The molecule has 1 N–H and O–H groups in total. The number of hydrogen-bond acceptors (Lipinski definition) is 4. The van der Waals surface area contributed by atoms with E-state index < -0.39 is 0 Å². The van der Waals surface area contributed by atoms with Crippen molar-refractivity contribution in [2.75, 3.05) is 42.9 Å². The van der Waals surface area contributed by atoms with Gasteiger partial charge in [0.2, 0.25) is 5.91 Å². The number of piperazine rings is 1. The molecule has 3 aromatic carbocycles. The van der Waals surface area contributed by atoms with Crippen LogP contribution in [-0.4, -0.2) is 43.5 Å². The Hall–Kier alpha value is -3.31. The van der Waals surface area contributed by atoms with Gasteiger partial charge in [0.1, 0.15) is 5.75 Å². The summed E-state index contributed by atoms with van der Waals surface area (Å²) in [6.07, 6.45) is 0. The first-order valence-corrected chi connectivity index (χ1v) is 10.3. The Labute approximate surface area is 177 Å². The lowest BCUT2D eigenvalue weighted by Crippen LogP contribution is -2.48. The topological polar surface area (TPSA) is 44.8 Å². The summed E-state index contributed by atoms with van der Waals surface area (Å²) < 4.78 is 5.94. The summed E-state index contributed by atoms with van der Waals surface area (Å²) >= 11 is 0. The third kappa shape index (κ3) is 5.19. The van der Waals surface area contributed by atoms with E-state index in [1.54, 1.807) is 0 Å². The molecule has 0 atom stereocenters. The molecule has 30 heavy (non-hydrogen) atoms. The summed E-state index contributed by atoms with van der Waals surface area (Å²) in [6.45, 7) is 6.06. The number of carbonyl (C=O) groups is 1. The number of nitrogens with one attached hydrogen (secondary N) is 1. The molecule has 0 radical (unpaired) electrons. The highest BCUT2D eigenvalue weighted by molar-refractivity contribution is 5.93. The maximum Gasteiger partial charge on any atom is 0.238 e. The van der Waals surface area contributed by atoms with Gasteiger partial charge in [-0.15, -0.1) is 0 Å². The zero-order chi connectivity index (χ0) is 20.8. The van der Waals surface area contributed by atoms with Crippen molar-refractivity contribution in [3.05, 3.63) is 84.4 Å². The third-order valence-electron chi connectivity index (χ3n) is 5.24. The van der Waals surface area contributed by atoms with Crippen molar-refractivity contribution in [2.45, 2.75) is 6.92 Å². The quantitative estimate of drug-likeness (QED) is 0.658. The fourth-order valence-electron chi connectivity index (χ4n) is 3.66. The summed E-state index contributed by atoms with van der Waals surface area (Å²) in [5.74, 6) is 1.36. The average molecular weight is 402 g/mol. The molecule has 5 nitrogen and oxygen atoms in total. The highest BCUT2D eigenvalue weighted by Gasteiger charge is 2.20. The van der Waals surface area contributed by atoms with Crippen LogP contribution in [0.25, 0.3) is 0 Å². The van der Waals surface area contributed by atoms with Gasteiger partial charge in [-0.1, -0.05) is 42.5 Å². The van der Waals surface area contributed by atoms with Gasteiger partial charge in [0.25, 0.3) is 0 Å². The molecule has 1 saturated heterocycles. The number of para-hydroxylation sites is 3. The number of aryl methyl sites for hydroxylation is 1. The number of nitrogens with zero attached hydrogens (tertiary/aromatic N) is 2. The third-order valence-corrected chi connectivity index (χ3v) is 5.24. The summed E-state index contributed by atoms with van der Waals surface area (Å²) in [5, 5.41) is 3.01. The van der Waals surface area contributed by atoms with Gasteiger partial charge < -0.3 is 15.0 Å². The van der Waals surface area contributed by atoms with Gasteiger partial charge >= 0.3 is 0 Å². The molecule has 1 fully saturated rings. The number of ether oxygens (including phenoxy) is 1. The Balaban J connectivity index is 1.31. The van der Waals surface area contributed by atoms with E-state index >= 15 is 0 Å². The predicted molar refractivity (Wildman–Crippen MR) is 121 cm³/mol. The van der Waals surface area contributed by atoms with Crippen molar-refractivity contribution in [2.24, 2.45) is 0 Å². The number of rotatable bonds is 6. The zero-order valence-corrected chi connectivity index (χ0v) is 17.3. The Morgan fingerprint density at radius 3 is 2.40 bits per heavy atom. The van der Waals surface area contributed by atoms with Crippen LogP contribution in [0.2, 0.25) is 0 Å². The first-order chi connectivity index (χ1) is 14.7. The van der Waals surface area contributed by atoms with Gasteiger partial charge in [0.05, 0.1) is 12.2 Å². The Morgan fingerprint density at radius 2 is 1.63 bits per heavy atom. The SMILES string of the molecule is Cc1cccc(N2CCN(CC(=O)Nc3ccccc3Oc3ccccc3)CC2)c1. The Bertz CT molecular complexity index is 982. The second kappa shape index (κ2) is 9.46. The van der Waals surface area contributed by atoms with Crippen LogP contribution in [0, 0.1) is 6.92 Å². The minimum absolute atomic E-state index is 0.0249. The van der Waals surface area contributed by atoms with Crippen molar-refractivity contribution in [1.82, 2.24) is 4.90 Å². The van der Waals surface area contributed by atoms with Crippen LogP contribution in [0.5, 0.6) is 11.5 Å². The van der Waals surface area contributed by atoms with Crippen LogP contribution >= 0.6 is 0 Å². The highest BCUT2D eigenvalue weighted by atomic mass is 16.5. The van der Waals surface area contributed by atoms with Gasteiger partial charge in [0, 0.05) is 31.9 Å². The van der Waals surface area contributed by atoms with E-state index in [-0.39, 0.29) is 5.91 Å². The maximum absolute atomic E-state index is 12.7. The van der Waals surface area contributed by atoms with E-state index in [0.29, 0.717) is 18.0 Å². The number of hydrogen-bond donors (Lipinski definition) is 1. The molecule has 1 heterocycles. The number of amides is 1. The second-order valence-electron chi connectivity index (χ2n) is 7.56. The lowest BCUT2D eigenvalue weighted by Gasteiger charge is -2.35. The summed E-state index contributed by atoms with van der Waals surface area (Å²) in [7, 11) is 0. The van der Waals surface area contributed by atoms with Gasteiger partial charge in [-0.3, -0.25) is 9.69 Å². The van der Waals surface area contributed by atoms with Crippen LogP contribution < -0.4 is 15.0 Å². The van der Waals surface area contributed by atoms with Crippen LogP contribution in [0.3, 0.4) is 0 Å². The van der Waals surface area contributed by atoms with Crippen molar-refractivity contribution >= 4 is 17.3 Å². The monoisotopic (exact) mass is 401 g/mol.